The van der Waals surface area contributed by atoms with E-state index in [4.69, 9.17) is 0 Å². The van der Waals surface area contributed by atoms with E-state index in [1.54, 1.807) is 11.1 Å². The van der Waals surface area contributed by atoms with Crippen molar-refractivity contribution in [1.29, 1.82) is 0 Å². The number of aryl methyl sites for hydroxylation is 1. The molecule has 1 atom stereocenters. The van der Waals surface area contributed by atoms with Crippen LogP contribution >= 0.6 is 0 Å². The van der Waals surface area contributed by atoms with Crippen LogP contribution in [0.4, 0.5) is 5.69 Å². The van der Waals surface area contributed by atoms with E-state index in [-0.39, 0.29) is 17.7 Å². The van der Waals surface area contributed by atoms with Crippen LogP contribution in [0.2, 0.25) is 0 Å². The van der Waals surface area contributed by atoms with Crippen LogP contribution in [0, 0.1) is 5.92 Å². The van der Waals surface area contributed by atoms with Crippen molar-refractivity contribution in [3.63, 3.8) is 0 Å². The summed E-state index contributed by atoms with van der Waals surface area (Å²) in [5, 5.41) is 9.85. The summed E-state index contributed by atoms with van der Waals surface area (Å²) < 4.78 is 1.81. The zero-order chi connectivity index (χ0) is 19.5. The van der Waals surface area contributed by atoms with Crippen molar-refractivity contribution in [3.8, 4) is 11.3 Å². The Bertz CT molecular complexity index is 959. The van der Waals surface area contributed by atoms with E-state index in [0.717, 1.165) is 29.8 Å². The molecule has 3 heterocycles. The Morgan fingerprint density at radius 1 is 1.18 bits per heavy atom. The van der Waals surface area contributed by atoms with Gasteiger partial charge in [0.05, 0.1) is 11.6 Å². The van der Waals surface area contributed by atoms with Gasteiger partial charge >= 0.3 is 0 Å². The number of amides is 2. The van der Waals surface area contributed by atoms with Crippen LogP contribution in [-0.4, -0.2) is 44.6 Å². The van der Waals surface area contributed by atoms with Gasteiger partial charge in [-0.2, -0.15) is 5.10 Å². The number of nitrogens with one attached hydrogen (secondary N) is 2. The zero-order valence-electron chi connectivity index (χ0n) is 15.8. The van der Waals surface area contributed by atoms with Gasteiger partial charge in [0.1, 0.15) is 5.69 Å². The molecule has 2 amide bonds. The van der Waals surface area contributed by atoms with E-state index in [1.807, 2.05) is 60.3 Å². The number of nitrogens with zero attached hydrogens (tertiary/aromatic N) is 3. The van der Waals surface area contributed by atoms with Gasteiger partial charge in [0.25, 0.3) is 5.91 Å². The summed E-state index contributed by atoms with van der Waals surface area (Å²) in [4.78, 5) is 27.2. The van der Waals surface area contributed by atoms with Crippen molar-refractivity contribution in [3.05, 3.63) is 60.6 Å². The summed E-state index contributed by atoms with van der Waals surface area (Å²) >= 11 is 0. The number of benzene rings is 1. The van der Waals surface area contributed by atoms with Crippen molar-refractivity contribution >= 4 is 17.5 Å². The largest absolute Gasteiger partial charge is 0.347 e. The summed E-state index contributed by atoms with van der Waals surface area (Å²) in [6.45, 7) is 1.13. The molecule has 2 aromatic heterocycles. The van der Waals surface area contributed by atoms with E-state index in [2.05, 4.69) is 15.5 Å². The van der Waals surface area contributed by atoms with Crippen molar-refractivity contribution in [2.24, 2.45) is 13.0 Å². The number of piperidine rings is 1. The SMILES string of the molecule is Cn1cccc1C(=O)N1CCC[C@@H](C(=O)Nc2ccc(-c3ccn[nH]3)cc2)C1. The van der Waals surface area contributed by atoms with Gasteiger partial charge in [-0.15, -0.1) is 0 Å². The number of anilines is 1. The van der Waals surface area contributed by atoms with E-state index in [9.17, 15) is 9.59 Å². The highest BCUT2D eigenvalue weighted by Gasteiger charge is 2.29. The lowest BCUT2D eigenvalue weighted by Crippen LogP contribution is -2.44. The summed E-state index contributed by atoms with van der Waals surface area (Å²) in [5.74, 6) is -0.266. The number of hydrogen-bond donors (Lipinski definition) is 2. The van der Waals surface area contributed by atoms with Crippen LogP contribution in [0.15, 0.2) is 54.9 Å². The number of aromatic nitrogens is 3. The normalized spacial score (nSPS) is 16.8. The van der Waals surface area contributed by atoms with Gasteiger partial charge in [-0.1, -0.05) is 12.1 Å². The zero-order valence-corrected chi connectivity index (χ0v) is 15.8. The fourth-order valence-corrected chi connectivity index (χ4v) is 3.62. The van der Waals surface area contributed by atoms with Crippen molar-refractivity contribution in [2.45, 2.75) is 12.8 Å². The molecule has 4 rings (SSSR count). The Kier molecular flexibility index (Phi) is 4.97. The minimum atomic E-state index is -0.203. The van der Waals surface area contributed by atoms with E-state index < -0.39 is 0 Å². The molecule has 0 spiro atoms. The Morgan fingerprint density at radius 3 is 2.68 bits per heavy atom. The highest BCUT2D eigenvalue weighted by atomic mass is 16.2. The van der Waals surface area contributed by atoms with Crippen LogP contribution in [0.1, 0.15) is 23.3 Å². The van der Waals surface area contributed by atoms with Gasteiger partial charge in [-0.3, -0.25) is 14.7 Å². The van der Waals surface area contributed by atoms with Gasteiger partial charge in [0.2, 0.25) is 5.91 Å². The molecule has 0 aliphatic carbocycles. The van der Waals surface area contributed by atoms with Gasteiger partial charge in [-0.25, -0.2) is 0 Å². The predicted octanol–water partition coefficient (Wildman–Crippen LogP) is 2.91. The topological polar surface area (TPSA) is 83.0 Å². The molecule has 3 aromatic rings. The Morgan fingerprint density at radius 2 is 2.00 bits per heavy atom. The van der Waals surface area contributed by atoms with Crippen LogP contribution in [0.5, 0.6) is 0 Å². The average Bonchev–Trinajstić information content (AvgIpc) is 3.40. The first kappa shape index (κ1) is 18.0. The average molecular weight is 377 g/mol. The number of hydrogen-bond acceptors (Lipinski definition) is 3. The number of carbonyl (C=O) groups excluding carboxylic acids is 2. The molecule has 1 saturated heterocycles. The van der Waals surface area contributed by atoms with Gasteiger partial charge in [-0.05, 0) is 48.7 Å². The maximum atomic E-state index is 12.7. The molecule has 144 valence electrons. The minimum Gasteiger partial charge on any atom is -0.347 e. The maximum Gasteiger partial charge on any atom is 0.270 e. The van der Waals surface area contributed by atoms with E-state index >= 15 is 0 Å². The fourth-order valence-electron chi connectivity index (χ4n) is 3.62. The number of likely N-dealkylation sites (tertiary alicyclic amines) is 1. The van der Waals surface area contributed by atoms with Crippen LogP contribution in [-0.2, 0) is 11.8 Å². The van der Waals surface area contributed by atoms with E-state index in [0.29, 0.717) is 18.8 Å². The second kappa shape index (κ2) is 7.72. The molecule has 7 heteroatoms. The monoisotopic (exact) mass is 377 g/mol. The van der Waals surface area contributed by atoms with Crippen LogP contribution < -0.4 is 5.32 Å². The number of aromatic amines is 1. The van der Waals surface area contributed by atoms with Gasteiger partial charge < -0.3 is 14.8 Å². The summed E-state index contributed by atoms with van der Waals surface area (Å²) in [5.41, 5.74) is 3.34. The molecule has 1 fully saturated rings. The molecule has 2 N–H and O–H groups in total. The third-order valence-corrected chi connectivity index (χ3v) is 5.21. The minimum absolute atomic E-state index is 0.0195. The molecule has 0 unspecified atom stereocenters. The Labute approximate surface area is 163 Å². The van der Waals surface area contributed by atoms with Crippen LogP contribution in [0.3, 0.4) is 0 Å². The number of rotatable bonds is 4. The third kappa shape index (κ3) is 3.69. The molecule has 1 aliphatic rings. The van der Waals surface area contributed by atoms with Gasteiger partial charge in [0.15, 0.2) is 0 Å². The quantitative estimate of drug-likeness (QED) is 0.733. The Hall–Kier alpha value is -3.35. The second-order valence-electron chi connectivity index (χ2n) is 7.13. The number of H-pyrrole nitrogens is 1. The molecule has 1 aliphatic heterocycles. The maximum absolute atomic E-state index is 12.7. The lowest BCUT2D eigenvalue weighted by molar-refractivity contribution is -0.121. The molecule has 7 nitrogen and oxygen atoms in total. The summed E-state index contributed by atoms with van der Waals surface area (Å²) in [6, 6.07) is 13.2. The van der Waals surface area contributed by atoms with Crippen molar-refractivity contribution in [1.82, 2.24) is 19.7 Å². The second-order valence-corrected chi connectivity index (χ2v) is 7.13. The van der Waals surface area contributed by atoms with Crippen LogP contribution in [0.25, 0.3) is 11.3 Å². The molecular formula is C21H23N5O2. The molecular weight excluding hydrogens is 354 g/mol. The molecule has 0 saturated carbocycles. The number of carbonyl (C=O) groups is 2. The van der Waals surface area contributed by atoms with Gasteiger partial charge in [0, 0.05) is 38.2 Å². The molecule has 0 bridgehead atoms. The first-order valence-corrected chi connectivity index (χ1v) is 9.43. The lowest BCUT2D eigenvalue weighted by atomic mass is 9.96. The Balaban J connectivity index is 1.39. The highest BCUT2D eigenvalue weighted by Crippen LogP contribution is 2.22. The summed E-state index contributed by atoms with van der Waals surface area (Å²) in [7, 11) is 1.86. The third-order valence-electron chi connectivity index (χ3n) is 5.21. The fraction of sp³-hybridized carbons (Fsp3) is 0.286. The first-order valence-electron chi connectivity index (χ1n) is 9.43. The molecule has 0 radical (unpaired) electrons. The predicted molar refractivity (Wildman–Crippen MR) is 107 cm³/mol. The molecule has 1 aromatic carbocycles. The smallest absolute Gasteiger partial charge is 0.270 e. The van der Waals surface area contributed by atoms with Crippen molar-refractivity contribution < 1.29 is 9.59 Å². The highest BCUT2D eigenvalue weighted by molar-refractivity contribution is 5.95. The summed E-state index contributed by atoms with van der Waals surface area (Å²) in [6.07, 6.45) is 5.17. The molecule has 28 heavy (non-hydrogen) atoms. The first-order chi connectivity index (χ1) is 13.6. The lowest BCUT2D eigenvalue weighted by Gasteiger charge is -2.32. The standard InChI is InChI=1S/C21H23N5O2/c1-25-12-3-5-19(25)21(28)26-13-2-4-16(14-26)20(27)23-17-8-6-15(7-9-17)18-10-11-22-24-18/h3,5-12,16H,2,4,13-14H2,1H3,(H,22,24)(H,23,27)/t16-/m1/s1. The van der Waals surface area contributed by atoms with E-state index in [1.165, 1.54) is 0 Å². The van der Waals surface area contributed by atoms with Crippen molar-refractivity contribution in [2.75, 3.05) is 18.4 Å².